The monoisotopic (exact) mass is 550 g/mol. The average Bonchev–Trinajstić information content (AvgIpc) is 3.32. The van der Waals surface area contributed by atoms with Crippen LogP contribution in [-0.4, -0.2) is 29.7 Å². The molecule has 6 rings (SSSR count). The fourth-order valence-corrected chi connectivity index (χ4v) is 5.92. The average molecular weight is 552 g/mol. The van der Waals surface area contributed by atoms with Crippen LogP contribution < -0.4 is 9.80 Å². The molecular formula is C27H17BrClFN2O3. The number of imide groups is 1. The summed E-state index contributed by atoms with van der Waals surface area (Å²) in [6.45, 7) is 0. The smallest absolute Gasteiger partial charge is 0.240 e. The molecule has 2 saturated heterocycles. The van der Waals surface area contributed by atoms with Crippen molar-refractivity contribution in [3.8, 4) is 0 Å². The molecule has 4 atom stereocenters. The zero-order chi connectivity index (χ0) is 24.4. The molecule has 0 bridgehead atoms. The lowest BCUT2D eigenvalue weighted by molar-refractivity contribution is -0.122. The van der Waals surface area contributed by atoms with Crippen LogP contribution in [0.1, 0.15) is 15.9 Å². The van der Waals surface area contributed by atoms with Gasteiger partial charge in [-0.1, -0.05) is 51.8 Å². The van der Waals surface area contributed by atoms with Gasteiger partial charge in [0.2, 0.25) is 11.8 Å². The van der Waals surface area contributed by atoms with Crippen molar-refractivity contribution in [2.24, 2.45) is 11.8 Å². The van der Waals surface area contributed by atoms with E-state index in [-0.39, 0.29) is 5.78 Å². The van der Waals surface area contributed by atoms with Gasteiger partial charge in [-0.15, -0.1) is 0 Å². The zero-order valence-corrected chi connectivity index (χ0v) is 20.4. The predicted octanol–water partition coefficient (Wildman–Crippen LogP) is 5.51. The van der Waals surface area contributed by atoms with Gasteiger partial charge in [0.25, 0.3) is 0 Å². The number of Topliss-reactive ketones (excluding diaryl/α,β-unsaturated/α-hetero) is 1. The minimum absolute atomic E-state index is 0.242. The number of hydrogen-bond acceptors (Lipinski definition) is 4. The van der Waals surface area contributed by atoms with E-state index in [1.807, 2.05) is 23.1 Å². The van der Waals surface area contributed by atoms with E-state index < -0.39 is 41.6 Å². The highest BCUT2D eigenvalue weighted by Gasteiger charge is 2.64. The first kappa shape index (κ1) is 22.2. The summed E-state index contributed by atoms with van der Waals surface area (Å²) in [4.78, 5) is 44.4. The van der Waals surface area contributed by atoms with Crippen molar-refractivity contribution in [1.29, 1.82) is 0 Å². The van der Waals surface area contributed by atoms with E-state index in [4.69, 9.17) is 11.6 Å². The molecule has 0 aliphatic carbocycles. The summed E-state index contributed by atoms with van der Waals surface area (Å²) in [6.07, 6.45) is 3.74. The normalized spacial score (nSPS) is 24.4. The Bertz CT molecular complexity index is 1420. The molecule has 0 N–H and O–H groups in total. The molecule has 2 amide bonds. The minimum Gasteiger partial charge on any atom is -0.352 e. The van der Waals surface area contributed by atoms with E-state index >= 15 is 0 Å². The molecular weight excluding hydrogens is 535 g/mol. The summed E-state index contributed by atoms with van der Waals surface area (Å²) < 4.78 is 14.3. The van der Waals surface area contributed by atoms with Crippen molar-refractivity contribution in [3.63, 3.8) is 0 Å². The van der Waals surface area contributed by atoms with E-state index in [1.54, 1.807) is 36.4 Å². The van der Waals surface area contributed by atoms with Crippen molar-refractivity contribution in [2.75, 3.05) is 9.80 Å². The molecule has 3 heterocycles. The summed E-state index contributed by atoms with van der Waals surface area (Å²) in [5.74, 6) is -3.20. The number of ketones is 1. The van der Waals surface area contributed by atoms with E-state index in [9.17, 15) is 18.8 Å². The number of rotatable bonds is 3. The Balaban J connectivity index is 1.49. The first-order valence-electron chi connectivity index (χ1n) is 11.0. The largest absolute Gasteiger partial charge is 0.352 e. The first-order valence-corrected chi connectivity index (χ1v) is 12.2. The third-order valence-electron chi connectivity index (χ3n) is 6.95. The number of nitrogens with zero attached hydrogens (tertiary/aromatic N) is 2. The van der Waals surface area contributed by atoms with Gasteiger partial charge in [-0.3, -0.25) is 14.4 Å². The van der Waals surface area contributed by atoms with Gasteiger partial charge in [-0.2, -0.15) is 0 Å². The van der Waals surface area contributed by atoms with Crippen LogP contribution in [0.3, 0.4) is 0 Å². The number of halogens is 3. The van der Waals surface area contributed by atoms with E-state index in [2.05, 4.69) is 15.9 Å². The summed E-state index contributed by atoms with van der Waals surface area (Å²) in [5, 5.41) is 0.552. The zero-order valence-electron chi connectivity index (χ0n) is 18.1. The molecule has 2 fully saturated rings. The number of anilines is 2. The molecule has 0 unspecified atom stereocenters. The molecule has 0 spiro atoms. The molecule has 0 aromatic heterocycles. The van der Waals surface area contributed by atoms with Crippen molar-refractivity contribution in [1.82, 2.24) is 0 Å². The number of carbonyl (C=O) groups excluding carboxylic acids is 3. The van der Waals surface area contributed by atoms with Gasteiger partial charge in [0, 0.05) is 20.7 Å². The lowest BCUT2D eigenvalue weighted by Crippen LogP contribution is -2.48. The van der Waals surface area contributed by atoms with Crippen molar-refractivity contribution in [2.45, 2.75) is 12.1 Å². The fourth-order valence-electron chi connectivity index (χ4n) is 5.47. The van der Waals surface area contributed by atoms with Crippen LogP contribution in [-0.2, 0) is 9.59 Å². The molecule has 174 valence electrons. The number of carbonyl (C=O) groups is 3. The summed E-state index contributed by atoms with van der Waals surface area (Å²) in [6, 6.07) is 16.2. The molecule has 35 heavy (non-hydrogen) atoms. The maximum absolute atomic E-state index is 13.9. The molecule has 3 aromatic rings. The Kier molecular flexibility index (Phi) is 5.16. The number of benzene rings is 3. The maximum atomic E-state index is 13.9. The third-order valence-corrected chi connectivity index (χ3v) is 7.71. The van der Waals surface area contributed by atoms with Crippen LogP contribution in [0.5, 0.6) is 0 Å². The lowest BCUT2D eigenvalue weighted by Gasteiger charge is -2.36. The van der Waals surface area contributed by atoms with E-state index in [0.29, 0.717) is 16.3 Å². The van der Waals surface area contributed by atoms with Gasteiger partial charge < -0.3 is 4.90 Å². The van der Waals surface area contributed by atoms with E-state index in [1.165, 1.54) is 24.3 Å². The first-order chi connectivity index (χ1) is 16.8. The van der Waals surface area contributed by atoms with Gasteiger partial charge >= 0.3 is 0 Å². The molecule has 5 nitrogen and oxygen atoms in total. The number of fused-ring (bicyclic) bond motifs is 5. The third kappa shape index (κ3) is 3.37. The van der Waals surface area contributed by atoms with Crippen LogP contribution in [0.4, 0.5) is 15.8 Å². The number of hydrogen-bond donors (Lipinski definition) is 0. The van der Waals surface area contributed by atoms with Crippen LogP contribution >= 0.6 is 27.5 Å². The molecule has 3 aromatic carbocycles. The minimum atomic E-state index is -0.891. The SMILES string of the molecule is O=C(c1ccc(Br)cc1)[C@@H]1[C@@H]2C(=O)N(c3ccc(F)cc3)C(=O)[C@H]2[C@H]2C=Cc3cc(Cl)ccc3N21. The Hall–Kier alpha value is -3.29. The number of amides is 2. The van der Waals surface area contributed by atoms with Crippen LogP contribution in [0.25, 0.3) is 6.08 Å². The van der Waals surface area contributed by atoms with Crippen molar-refractivity contribution < 1.29 is 18.8 Å². The fraction of sp³-hybridized carbons (Fsp3) is 0.148. The highest BCUT2D eigenvalue weighted by molar-refractivity contribution is 9.10. The van der Waals surface area contributed by atoms with Gasteiger partial charge in [-0.25, -0.2) is 9.29 Å². The van der Waals surface area contributed by atoms with Gasteiger partial charge in [0.15, 0.2) is 5.78 Å². The van der Waals surface area contributed by atoms with E-state index in [0.717, 1.165) is 20.6 Å². The van der Waals surface area contributed by atoms with Gasteiger partial charge in [0.05, 0.1) is 23.6 Å². The van der Waals surface area contributed by atoms with Crippen molar-refractivity contribution >= 4 is 62.6 Å². The van der Waals surface area contributed by atoms with Crippen LogP contribution in [0.2, 0.25) is 5.02 Å². The molecule has 8 heteroatoms. The Morgan fingerprint density at radius 3 is 2.31 bits per heavy atom. The second kappa shape index (κ2) is 8.14. The van der Waals surface area contributed by atoms with Gasteiger partial charge in [-0.05, 0) is 60.2 Å². The Morgan fingerprint density at radius 1 is 0.914 bits per heavy atom. The summed E-state index contributed by atoms with van der Waals surface area (Å²) in [5.41, 5.74) is 2.31. The second-order valence-electron chi connectivity index (χ2n) is 8.82. The summed E-state index contributed by atoms with van der Waals surface area (Å²) >= 11 is 9.59. The van der Waals surface area contributed by atoms with Crippen LogP contribution in [0, 0.1) is 17.7 Å². The maximum Gasteiger partial charge on any atom is 0.240 e. The molecule has 0 radical (unpaired) electrons. The second-order valence-corrected chi connectivity index (χ2v) is 10.2. The highest BCUT2D eigenvalue weighted by Crippen LogP contribution is 2.50. The van der Waals surface area contributed by atoms with Crippen molar-refractivity contribution in [3.05, 3.63) is 99.2 Å². The quantitative estimate of drug-likeness (QED) is 0.318. The highest BCUT2D eigenvalue weighted by atomic mass is 79.9. The molecule has 0 saturated carbocycles. The standard InChI is InChI=1S/C27H17BrClFN2O3/c28-16-4-1-14(2-5-16)25(33)24-23-22(21-11-3-15-13-17(29)6-12-20(15)32(21)24)26(34)31(27(23)35)19-9-7-18(30)8-10-19/h1-13,21-24H/t21-,22+,23-,24+/m1/s1. The predicted molar refractivity (Wildman–Crippen MR) is 135 cm³/mol. The summed E-state index contributed by atoms with van der Waals surface area (Å²) in [7, 11) is 0. The van der Waals surface area contributed by atoms with Gasteiger partial charge in [0.1, 0.15) is 11.9 Å². The van der Waals surface area contributed by atoms with Crippen LogP contribution in [0.15, 0.2) is 77.3 Å². The molecule has 3 aliphatic heterocycles. The Labute approximate surface area is 213 Å². The topological polar surface area (TPSA) is 57.7 Å². The molecule has 3 aliphatic rings. The lowest BCUT2D eigenvalue weighted by atomic mass is 9.86. The Morgan fingerprint density at radius 2 is 1.60 bits per heavy atom.